The van der Waals surface area contributed by atoms with Gasteiger partial charge in [0.25, 0.3) is 0 Å². The molecule has 0 saturated heterocycles. The van der Waals surface area contributed by atoms with Gasteiger partial charge in [0.2, 0.25) is 0 Å². The van der Waals surface area contributed by atoms with E-state index in [1.165, 1.54) is 5.56 Å². The number of nitrogens with zero attached hydrogens (tertiary/aromatic N) is 1. The quantitative estimate of drug-likeness (QED) is 0.728. The molecular weight excluding hydrogens is 214 g/mol. The molecule has 0 aliphatic heterocycles. The van der Waals surface area contributed by atoms with Crippen molar-refractivity contribution in [3.8, 4) is 0 Å². The topological polar surface area (TPSA) is 50.9 Å². The van der Waals surface area contributed by atoms with Gasteiger partial charge in [-0.1, -0.05) is 17.4 Å². The standard InChI is InChI=1S/C9H9N3S2/c1-5-2-3-7-6(4-5)11-9(14-7)12-8(10)13/h2-4H,1H3,(H3,10,11,12,13). The van der Waals surface area contributed by atoms with Crippen LogP contribution in [0.25, 0.3) is 10.2 Å². The third kappa shape index (κ3) is 1.83. The molecule has 0 aliphatic carbocycles. The van der Waals surface area contributed by atoms with Gasteiger partial charge >= 0.3 is 0 Å². The number of thiocarbonyl (C=S) groups is 1. The van der Waals surface area contributed by atoms with Gasteiger partial charge in [-0.05, 0) is 36.8 Å². The lowest BCUT2D eigenvalue weighted by atomic mass is 10.2. The van der Waals surface area contributed by atoms with Crippen molar-refractivity contribution in [3.05, 3.63) is 23.8 Å². The van der Waals surface area contributed by atoms with E-state index in [0.717, 1.165) is 15.3 Å². The number of aryl methyl sites for hydroxylation is 1. The maximum Gasteiger partial charge on any atom is 0.190 e. The second kappa shape index (κ2) is 3.51. The average molecular weight is 223 g/mol. The van der Waals surface area contributed by atoms with Crippen LogP contribution in [-0.2, 0) is 0 Å². The Morgan fingerprint density at radius 2 is 2.36 bits per heavy atom. The molecule has 2 aromatic rings. The summed E-state index contributed by atoms with van der Waals surface area (Å²) in [5.74, 6) is 0. The monoisotopic (exact) mass is 223 g/mol. The lowest BCUT2D eigenvalue weighted by molar-refractivity contribution is 1.44. The average Bonchev–Trinajstić information content (AvgIpc) is 2.44. The number of nitrogens with one attached hydrogen (secondary N) is 1. The minimum Gasteiger partial charge on any atom is -0.376 e. The Morgan fingerprint density at radius 1 is 1.57 bits per heavy atom. The molecule has 3 nitrogen and oxygen atoms in total. The molecule has 0 bridgehead atoms. The normalized spacial score (nSPS) is 10.4. The molecule has 1 aromatic heterocycles. The summed E-state index contributed by atoms with van der Waals surface area (Å²) in [7, 11) is 0. The maximum atomic E-state index is 5.36. The van der Waals surface area contributed by atoms with Crippen molar-refractivity contribution in [3.63, 3.8) is 0 Å². The van der Waals surface area contributed by atoms with E-state index in [2.05, 4.69) is 16.4 Å². The Kier molecular flexibility index (Phi) is 2.35. The Morgan fingerprint density at radius 3 is 3.07 bits per heavy atom. The van der Waals surface area contributed by atoms with Crippen LogP contribution in [0.5, 0.6) is 0 Å². The smallest absolute Gasteiger partial charge is 0.190 e. The SMILES string of the molecule is Cc1ccc2sc(NC(N)=S)nc2c1. The minimum absolute atomic E-state index is 0.251. The largest absolute Gasteiger partial charge is 0.376 e. The van der Waals surface area contributed by atoms with E-state index >= 15 is 0 Å². The molecule has 1 aromatic carbocycles. The zero-order valence-corrected chi connectivity index (χ0v) is 9.21. The number of anilines is 1. The van der Waals surface area contributed by atoms with E-state index in [-0.39, 0.29) is 5.11 Å². The minimum atomic E-state index is 0.251. The summed E-state index contributed by atoms with van der Waals surface area (Å²) < 4.78 is 1.13. The van der Waals surface area contributed by atoms with Crippen LogP contribution in [0.1, 0.15) is 5.56 Å². The van der Waals surface area contributed by atoms with Crippen LogP contribution in [0.15, 0.2) is 18.2 Å². The van der Waals surface area contributed by atoms with Crippen LogP contribution in [0.4, 0.5) is 5.13 Å². The summed E-state index contributed by atoms with van der Waals surface area (Å²) in [4.78, 5) is 4.35. The van der Waals surface area contributed by atoms with Crippen LogP contribution in [0.2, 0.25) is 0 Å². The number of rotatable bonds is 1. The van der Waals surface area contributed by atoms with Crippen LogP contribution in [0, 0.1) is 6.92 Å². The van der Waals surface area contributed by atoms with E-state index in [1.807, 2.05) is 19.1 Å². The third-order valence-corrected chi connectivity index (χ3v) is 2.83. The predicted molar refractivity (Wildman–Crippen MR) is 64.8 cm³/mol. The molecule has 1 heterocycles. The summed E-state index contributed by atoms with van der Waals surface area (Å²) in [5.41, 5.74) is 7.54. The summed E-state index contributed by atoms with van der Waals surface area (Å²) in [5, 5.41) is 3.83. The highest BCUT2D eigenvalue weighted by Crippen LogP contribution is 2.26. The first-order valence-corrected chi connectivity index (χ1v) is 5.31. The summed E-state index contributed by atoms with van der Waals surface area (Å²) in [6.45, 7) is 2.04. The lowest BCUT2D eigenvalue weighted by Crippen LogP contribution is -2.18. The van der Waals surface area contributed by atoms with E-state index in [1.54, 1.807) is 11.3 Å². The van der Waals surface area contributed by atoms with E-state index in [9.17, 15) is 0 Å². The van der Waals surface area contributed by atoms with Crippen molar-refractivity contribution in [2.24, 2.45) is 5.73 Å². The number of benzene rings is 1. The molecule has 0 radical (unpaired) electrons. The number of hydrogen-bond donors (Lipinski definition) is 2. The Labute approximate surface area is 91.0 Å². The molecule has 0 unspecified atom stereocenters. The zero-order valence-electron chi connectivity index (χ0n) is 7.57. The van der Waals surface area contributed by atoms with Gasteiger partial charge in [-0.25, -0.2) is 4.98 Å². The number of nitrogens with two attached hydrogens (primary N) is 1. The van der Waals surface area contributed by atoms with E-state index < -0.39 is 0 Å². The molecule has 2 rings (SSSR count). The first kappa shape index (κ1) is 9.36. The molecular formula is C9H9N3S2. The van der Waals surface area contributed by atoms with Gasteiger partial charge in [-0.3, -0.25) is 0 Å². The van der Waals surface area contributed by atoms with Crippen LogP contribution in [-0.4, -0.2) is 10.1 Å². The first-order chi connectivity index (χ1) is 6.65. The van der Waals surface area contributed by atoms with E-state index in [0.29, 0.717) is 0 Å². The number of thiazole rings is 1. The van der Waals surface area contributed by atoms with Gasteiger partial charge in [0.05, 0.1) is 10.2 Å². The molecule has 72 valence electrons. The van der Waals surface area contributed by atoms with Crippen molar-refractivity contribution in [1.82, 2.24) is 4.98 Å². The van der Waals surface area contributed by atoms with Gasteiger partial charge < -0.3 is 11.1 Å². The molecule has 0 amide bonds. The number of aromatic nitrogens is 1. The molecule has 14 heavy (non-hydrogen) atoms. The Bertz CT molecular complexity index is 490. The second-order valence-electron chi connectivity index (χ2n) is 2.98. The summed E-state index contributed by atoms with van der Waals surface area (Å²) in [6, 6.07) is 6.15. The lowest BCUT2D eigenvalue weighted by Gasteiger charge is -1.94. The third-order valence-electron chi connectivity index (χ3n) is 1.77. The van der Waals surface area contributed by atoms with Gasteiger partial charge in [0.1, 0.15) is 0 Å². The predicted octanol–water partition coefficient (Wildman–Crippen LogP) is 2.26. The zero-order chi connectivity index (χ0) is 10.1. The highest BCUT2D eigenvalue weighted by Gasteiger charge is 2.03. The van der Waals surface area contributed by atoms with Crippen LogP contribution in [0.3, 0.4) is 0 Å². The maximum absolute atomic E-state index is 5.36. The van der Waals surface area contributed by atoms with Crippen molar-refractivity contribution in [2.75, 3.05) is 5.32 Å². The fraction of sp³-hybridized carbons (Fsp3) is 0.111. The highest BCUT2D eigenvalue weighted by atomic mass is 32.1. The van der Waals surface area contributed by atoms with Crippen LogP contribution >= 0.6 is 23.6 Å². The van der Waals surface area contributed by atoms with Gasteiger partial charge in [0, 0.05) is 0 Å². The van der Waals surface area contributed by atoms with Gasteiger partial charge in [-0.15, -0.1) is 0 Å². The molecule has 0 fully saturated rings. The Balaban J connectivity index is 2.46. The molecule has 0 atom stereocenters. The fourth-order valence-electron chi connectivity index (χ4n) is 1.20. The summed E-state index contributed by atoms with van der Waals surface area (Å²) >= 11 is 6.29. The van der Waals surface area contributed by atoms with Crippen molar-refractivity contribution in [2.45, 2.75) is 6.92 Å². The van der Waals surface area contributed by atoms with Crippen molar-refractivity contribution >= 4 is 44.0 Å². The Hall–Kier alpha value is -1.20. The highest BCUT2D eigenvalue weighted by molar-refractivity contribution is 7.80. The first-order valence-electron chi connectivity index (χ1n) is 4.09. The molecule has 3 N–H and O–H groups in total. The van der Waals surface area contributed by atoms with E-state index in [4.69, 9.17) is 18.0 Å². The van der Waals surface area contributed by atoms with Crippen molar-refractivity contribution in [1.29, 1.82) is 0 Å². The number of hydrogen-bond acceptors (Lipinski definition) is 3. The summed E-state index contributed by atoms with van der Waals surface area (Å²) in [6.07, 6.45) is 0. The molecule has 5 heteroatoms. The van der Waals surface area contributed by atoms with Crippen molar-refractivity contribution < 1.29 is 0 Å². The van der Waals surface area contributed by atoms with Gasteiger partial charge in [-0.2, -0.15) is 0 Å². The number of fused-ring (bicyclic) bond motifs is 1. The second-order valence-corrected chi connectivity index (χ2v) is 4.45. The van der Waals surface area contributed by atoms with Crippen LogP contribution < -0.4 is 11.1 Å². The molecule has 0 aliphatic rings. The van der Waals surface area contributed by atoms with Gasteiger partial charge in [0.15, 0.2) is 10.2 Å². The molecule has 0 spiro atoms. The molecule has 0 saturated carbocycles. The fourth-order valence-corrected chi connectivity index (χ4v) is 2.22.